The first kappa shape index (κ1) is 30.3. The van der Waals surface area contributed by atoms with Crippen LogP contribution in [-0.4, -0.2) is 45.8 Å². The number of benzene rings is 1. The first-order valence-corrected chi connectivity index (χ1v) is 14.1. The van der Waals surface area contributed by atoms with Gasteiger partial charge in [0.05, 0.1) is 17.5 Å². The van der Waals surface area contributed by atoms with E-state index in [0.29, 0.717) is 24.2 Å². The Morgan fingerprint density at radius 2 is 1.90 bits per heavy atom. The molecule has 0 bridgehead atoms. The van der Waals surface area contributed by atoms with Crippen molar-refractivity contribution in [3.63, 3.8) is 0 Å². The second-order valence-corrected chi connectivity index (χ2v) is 10.0. The Kier molecular flexibility index (Phi) is 11.2. The molecule has 0 spiro atoms. The summed E-state index contributed by atoms with van der Waals surface area (Å²) in [5.74, 6) is 1.63. The highest BCUT2D eigenvalue weighted by Gasteiger charge is 2.24. The molecule has 3 aromatic rings. The molecule has 0 amide bonds. The molecule has 2 N–H and O–H groups in total. The van der Waals surface area contributed by atoms with Gasteiger partial charge in [-0.3, -0.25) is 9.98 Å². The Labute approximate surface area is 239 Å². The number of pyridine rings is 1. The minimum Gasteiger partial charge on any atom is -0.404 e. The molecule has 40 heavy (non-hydrogen) atoms. The van der Waals surface area contributed by atoms with Crippen LogP contribution in [0.4, 0.5) is 5.82 Å². The number of allylic oxidation sites excluding steroid dienone is 1. The van der Waals surface area contributed by atoms with Crippen LogP contribution in [0.25, 0.3) is 0 Å². The molecular weight excluding hydrogens is 496 g/mol. The largest absolute Gasteiger partial charge is 0.404 e. The number of nitrogens with two attached hydrogens (primary N) is 1. The maximum atomic E-state index is 9.31. The van der Waals surface area contributed by atoms with Gasteiger partial charge in [0.2, 0.25) is 0 Å². The Balaban J connectivity index is 0.000000345. The van der Waals surface area contributed by atoms with Gasteiger partial charge in [0.15, 0.2) is 0 Å². The number of aryl methyl sites for hydroxylation is 1. The topological polar surface area (TPSA) is 108 Å². The summed E-state index contributed by atoms with van der Waals surface area (Å²) in [6.45, 7) is 14.6. The van der Waals surface area contributed by atoms with E-state index < -0.39 is 0 Å². The van der Waals surface area contributed by atoms with E-state index in [1.54, 1.807) is 23.3 Å². The van der Waals surface area contributed by atoms with Gasteiger partial charge >= 0.3 is 0 Å². The van der Waals surface area contributed by atoms with E-state index in [1.807, 2.05) is 40.8 Å². The van der Waals surface area contributed by atoms with E-state index in [0.717, 1.165) is 54.3 Å². The van der Waals surface area contributed by atoms with Gasteiger partial charge in [-0.1, -0.05) is 43.7 Å². The van der Waals surface area contributed by atoms with Gasteiger partial charge in [0.1, 0.15) is 24.2 Å². The van der Waals surface area contributed by atoms with Crippen molar-refractivity contribution in [3.8, 4) is 6.07 Å². The molecule has 8 nitrogen and oxygen atoms in total. The molecule has 0 unspecified atom stereocenters. The number of nitrogens with zero attached hydrogens (tertiary/aromatic N) is 7. The molecule has 1 saturated heterocycles. The van der Waals surface area contributed by atoms with Gasteiger partial charge in [-0.05, 0) is 75.9 Å². The fourth-order valence-electron chi connectivity index (χ4n) is 4.65. The van der Waals surface area contributed by atoms with Crippen molar-refractivity contribution in [1.29, 1.82) is 5.26 Å². The van der Waals surface area contributed by atoms with Crippen LogP contribution in [-0.2, 0) is 6.67 Å². The van der Waals surface area contributed by atoms with Crippen LogP contribution in [0.1, 0.15) is 81.3 Å². The third-order valence-corrected chi connectivity index (χ3v) is 6.74. The highest BCUT2D eigenvalue weighted by atomic mass is 15.3. The number of hydrogen-bond donors (Lipinski definition) is 1. The summed E-state index contributed by atoms with van der Waals surface area (Å²) in [4.78, 5) is 15.7. The monoisotopic (exact) mass is 538 g/mol. The number of hydrogen-bond acceptors (Lipinski definition) is 7. The lowest BCUT2D eigenvalue weighted by Crippen LogP contribution is -2.33. The van der Waals surface area contributed by atoms with Crippen LogP contribution in [0, 0.1) is 18.3 Å². The van der Waals surface area contributed by atoms with Crippen LogP contribution < -0.4 is 10.6 Å². The number of fused-ring (bicyclic) bond motifs is 1. The van der Waals surface area contributed by atoms with E-state index in [2.05, 4.69) is 69.4 Å². The molecule has 8 heteroatoms. The maximum absolute atomic E-state index is 9.31. The van der Waals surface area contributed by atoms with Crippen molar-refractivity contribution in [1.82, 2.24) is 14.8 Å². The molecule has 2 aliphatic heterocycles. The van der Waals surface area contributed by atoms with Crippen LogP contribution in [0.3, 0.4) is 0 Å². The average molecular weight is 539 g/mol. The van der Waals surface area contributed by atoms with E-state index in [-0.39, 0.29) is 0 Å². The van der Waals surface area contributed by atoms with Crippen molar-refractivity contribution in [2.45, 2.75) is 73.0 Å². The van der Waals surface area contributed by atoms with E-state index in [1.165, 1.54) is 11.1 Å². The molecule has 4 heterocycles. The van der Waals surface area contributed by atoms with Gasteiger partial charge in [0.25, 0.3) is 0 Å². The molecule has 0 aliphatic carbocycles. The zero-order valence-corrected chi connectivity index (χ0v) is 24.7. The molecule has 1 fully saturated rings. The van der Waals surface area contributed by atoms with Crippen molar-refractivity contribution >= 4 is 17.7 Å². The summed E-state index contributed by atoms with van der Waals surface area (Å²) in [6.07, 6.45) is 9.08. The number of rotatable bonds is 5. The molecule has 0 radical (unpaired) electrons. The van der Waals surface area contributed by atoms with Crippen LogP contribution in [0.15, 0.2) is 70.5 Å². The number of anilines is 1. The zero-order valence-electron chi connectivity index (χ0n) is 24.7. The quantitative estimate of drug-likeness (QED) is 0.401. The Hall–Kier alpha value is -4.25. The summed E-state index contributed by atoms with van der Waals surface area (Å²) >= 11 is 0. The standard InChI is InChI=1S/C23H22N6.C7H14N2.C2H6/c1-16-3-2-4-18(11-16)17-7-9-28(10-8-17)21-6-5-19(13-25-21)22-23-20(12-24)14-27-29(23)15-26-22;1-6(2)9-5-7(3)4-8;1-2/h2-6,11,13-14,17H,7-10,15H2,1H3;4-6H,8H2,1-3H3;1-2H3/b;7-4-,9-5?;. The summed E-state index contributed by atoms with van der Waals surface area (Å²) in [5, 5.41) is 13.5. The molecule has 2 aliphatic rings. The summed E-state index contributed by atoms with van der Waals surface area (Å²) in [7, 11) is 0. The third kappa shape index (κ3) is 7.66. The lowest BCUT2D eigenvalue weighted by atomic mass is 9.89. The Morgan fingerprint density at radius 3 is 2.50 bits per heavy atom. The molecule has 0 saturated carbocycles. The Morgan fingerprint density at radius 1 is 1.15 bits per heavy atom. The lowest BCUT2D eigenvalue weighted by molar-refractivity contribution is 0.502. The third-order valence-electron chi connectivity index (χ3n) is 6.74. The van der Waals surface area contributed by atoms with Gasteiger partial charge < -0.3 is 10.6 Å². The van der Waals surface area contributed by atoms with Gasteiger partial charge in [-0.25, -0.2) is 9.67 Å². The van der Waals surface area contributed by atoms with Crippen molar-refractivity contribution in [2.75, 3.05) is 18.0 Å². The minimum absolute atomic E-state index is 0.361. The number of piperidine rings is 1. The summed E-state index contributed by atoms with van der Waals surface area (Å²) < 4.78 is 1.76. The molecule has 2 aromatic heterocycles. The molecule has 5 rings (SSSR count). The molecular formula is C32H42N8. The van der Waals surface area contributed by atoms with Crippen LogP contribution in [0.5, 0.6) is 0 Å². The maximum Gasteiger partial charge on any atom is 0.132 e. The highest BCUT2D eigenvalue weighted by Crippen LogP contribution is 2.30. The van der Waals surface area contributed by atoms with Crippen LogP contribution >= 0.6 is 0 Å². The number of aliphatic imine (C=N–C) groups is 2. The van der Waals surface area contributed by atoms with Crippen molar-refractivity contribution in [3.05, 3.63) is 88.5 Å². The summed E-state index contributed by atoms with van der Waals surface area (Å²) in [6, 6.07) is 15.6. The lowest BCUT2D eigenvalue weighted by Gasteiger charge is -2.33. The SMILES string of the molecule is C/C(C=NC(C)C)=C/N.CC.Cc1cccc(C2CCN(c3ccc(C4=NCn5ncc(C#N)c54)cn3)CC2)c1. The molecule has 0 atom stereocenters. The number of aromatic nitrogens is 3. The summed E-state index contributed by atoms with van der Waals surface area (Å²) in [5.41, 5.74) is 12.1. The first-order valence-electron chi connectivity index (χ1n) is 14.1. The molecule has 210 valence electrons. The second kappa shape index (κ2) is 14.8. The fourth-order valence-corrected chi connectivity index (χ4v) is 4.65. The van der Waals surface area contributed by atoms with E-state index >= 15 is 0 Å². The first-order chi connectivity index (χ1) is 19.4. The predicted octanol–water partition coefficient (Wildman–Crippen LogP) is 6.01. The van der Waals surface area contributed by atoms with Crippen molar-refractivity contribution < 1.29 is 0 Å². The van der Waals surface area contributed by atoms with Crippen LogP contribution in [0.2, 0.25) is 0 Å². The van der Waals surface area contributed by atoms with Gasteiger partial charge in [-0.15, -0.1) is 0 Å². The zero-order chi connectivity index (χ0) is 29.1. The minimum atomic E-state index is 0.361. The predicted molar refractivity (Wildman–Crippen MR) is 165 cm³/mol. The second-order valence-electron chi connectivity index (χ2n) is 10.0. The number of nitriles is 1. The highest BCUT2D eigenvalue weighted by molar-refractivity contribution is 6.13. The van der Waals surface area contributed by atoms with Gasteiger partial charge in [0, 0.05) is 37.1 Å². The molecule has 1 aromatic carbocycles. The smallest absolute Gasteiger partial charge is 0.132 e. The average Bonchev–Trinajstić information content (AvgIpc) is 3.60. The Bertz CT molecular complexity index is 1360. The normalized spacial score (nSPS) is 15.1. The van der Waals surface area contributed by atoms with E-state index in [4.69, 9.17) is 10.7 Å². The van der Waals surface area contributed by atoms with Crippen molar-refractivity contribution in [2.24, 2.45) is 15.7 Å². The van der Waals surface area contributed by atoms with Gasteiger partial charge in [-0.2, -0.15) is 10.4 Å². The van der Waals surface area contributed by atoms with E-state index in [9.17, 15) is 5.26 Å². The fraction of sp³-hybridized carbons (Fsp3) is 0.406.